The van der Waals surface area contributed by atoms with E-state index in [1.165, 1.54) is 23.4 Å². The van der Waals surface area contributed by atoms with Crippen molar-refractivity contribution >= 4 is 49.8 Å². The minimum Gasteiger partial charge on any atom is -0.382 e. The van der Waals surface area contributed by atoms with Crippen LogP contribution in [0.4, 0.5) is 11.5 Å². The molecule has 1 aliphatic carbocycles. The maximum Gasteiger partial charge on any atom is 0.260 e. The number of rotatable bonds is 6. The molecule has 1 fully saturated rings. The number of sulfone groups is 1. The number of anilines is 2. The number of nitrogens with two attached hydrogens (primary N) is 1. The Labute approximate surface area is 218 Å². The highest BCUT2D eigenvalue weighted by Gasteiger charge is 2.46. The van der Waals surface area contributed by atoms with Crippen LogP contribution in [0, 0.1) is 11.3 Å². The fraction of sp³-hybridized carbons (Fsp3) is 0.192. The molecule has 0 saturated heterocycles. The number of nitrogen functional groups attached to an aromatic ring is 1. The van der Waals surface area contributed by atoms with E-state index in [9.17, 15) is 18.5 Å². The molecule has 9 nitrogen and oxygen atoms in total. The molecule has 3 aromatic heterocycles. The highest BCUT2D eigenvalue weighted by atomic mass is 35.5. The molecular weight excluding hydrogens is 512 g/mol. The SMILES string of the molecule is CS(=O)(=O)c1ncccc1N(Cc1ccc2cc(Cl)c(N)nc2c1)C(=O)c1ccc(C2(C#N)CC2)nc1. The summed E-state index contributed by atoms with van der Waals surface area (Å²) in [4.78, 5) is 27.9. The molecule has 1 aliphatic rings. The summed E-state index contributed by atoms with van der Waals surface area (Å²) >= 11 is 6.09. The van der Waals surface area contributed by atoms with Gasteiger partial charge in [-0.3, -0.25) is 9.78 Å². The van der Waals surface area contributed by atoms with E-state index in [0.29, 0.717) is 21.8 Å². The fourth-order valence-electron chi connectivity index (χ4n) is 4.13. The lowest BCUT2D eigenvalue weighted by molar-refractivity contribution is 0.0984. The molecule has 0 radical (unpaired) electrons. The number of hydrogen-bond acceptors (Lipinski definition) is 8. The number of carbonyl (C=O) groups is 1. The summed E-state index contributed by atoms with van der Waals surface area (Å²) in [6.45, 7) is 0.0249. The average molecular weight is 533 g/mol. The number of aromatic nitrogens is 3. The van der Waals surface area contributed by atoms with Gasteiger partial charge in [0.25, 0.3) is 5.91 Å². The molecule has 37 heavy (non-hydrogen) atoms. The first-order chi connectivity index (χ1) is 17.6. The van der Waals surface area contributed by atoms with E-state index in [4.69, 9.17) is 17.3 Å². The van der Waals surface area contributed by atoms with Gasteiger partial charge in [0.15, 0.2) is 14.9 Å². The van der Waals surface area contributed by atoms with E-state index in [1.807, 2.05) is 0 Å². The Kier molecular flexibility index (Phi) is 6.06. The molecule has 0 bridgehead atoms. The van der Waals surface area contributed by atoms with Crippen molar-refractivity contribution in [2.45, 2.75) is 29.8 Å². The third-order valence-electron chi connectivity index (χ3n) is 6.31. The molecule has 3 heterocycles. The summed E-state index contributed by atoms with van der Waals surface area (Å²) in [5.74, 6) is -0.287. The van der Waals surface area contributed by atoms with Crippen LogP contribution in [0.5, 0.6) is 0 Å². The van der Waals surface area contributed by atoms with Gasteiger partial charge in [-0.1, -0.05) is 23.7 Å². The van der Waals surface area contributed by atoms with Crippen molar-refractivity contribution in [1.29, 1.82) is 5.26 Å². The molecule has 11 heteroatoms. The van der Waals surface area contributed by atoms with Gasteiger partial charge in [-0.15, -0.1) is 0 Å². The first-order valence-electron chi connectivity index (χ1n) is 11.3. The molecule has 0 unspecified atom stereocenters. The van der Waals surface area contributed by atoms with Gasteiger partial charge in [-0.05, 0) is 54.8 Å². The van der Waals surface area contributed by atoms with Gasteiger partial charge in [0.2, 0.25) is 0 Å². The van der Waals surface area contributed by atoms with Gasteiger partial charge in [0.1, 0.15) is 5.82 Å². The van der Waals surface area contributed by atoms with E-state index in [0.717, 1.165) is 24.5 Å². The molecule has 5 rings (SSSR count). The van der Waals surface area contributed by atoms with Crippen molar-refractivity contribution in [3.63, 3.8) is 0 Å². The molecule has 1 amide bonds. The van der Waals surface area contributed by atoms with Gasteiger partial charge in [0, 0.05) is 24.0 Å². The Bertz CT molecular complexity index is 1700. The van der Waals surface area contributed by atoms with E-state index < -0.39 is 21.2 Å². The van der Waals surface area contributed by atoms with Gasteiger partial charge < -0.3 is 10.6 Å². The molecule has 1 saturated carbocycles. The molecule has 0 atom stereocenters. The predicted molar refractivity (Wildman–Crippen MR) is 140 cm³/mol. The minimum absolute atomic E-state index is 0.0249. The Morgan fingerprint density at radius 3 is 2.62 bits per heavy atom. The lowest BCUT2D eigenvalue weighted by atomic mass is 10.0. The molecule has 0 aliphatic heterocycles. The van der Waals surface area contributed by atoms with Crippen LogP contribution in [0.3, 0.4) is 0 Å². The zero-order valence-corrected chi connectivity index (χ0v) is 21.3. The van der Waals surface area contributed by atoms with Crippen LogP contribution in [0.15, 0.2) is 66.0 Å². The largest absolute Gasteiger partial charge is 0.382 e. The maximum absolute atomic E-state index is 13.8. The number of halogens is 1. The third-order valence-corrected chi connectivity index (χ3v) is 7.63. The predicted octanol–water partition coefficient (Wildman–Crippen LogP) is 4.07. The molecular formula is C26H21ClN6O3S. The summed E-state index contributed by atoms with van der Waals surface area (Å²) in [5, 5.41) is 10.3. The number of carbonyl (C=O) groups excluding carboxylic acids is 1. The number of amides is 1. The quantitative estimate of drug-likeness (QED) is 0.391. The lowest BCUT2D eigenvalue weighted by Gasteiger charge is -2.25. The highest BCUT2D eigenvalue weighted by molar-refractivity contribution is 7.90. The summed E-state index contributed by atoms with van der Waals surface area (Å²) in [6.07, 6.45) is 5.29. The Balaban J connectivity index is 1.58. The van der Waals surface area contributed by atoms with Crippen molar-refractivity contribution in [1.82, 2.24) is 15.0 Å². The molecule has 2 N–H and O–H groups in total. The number of pyridine rings is 3. The monoisotopic (exact) mass is 532 g/mol. The van der Waals surface area contributed by atoms with Crippen LogP contribution in [0.1, 0.15) is 34.5 Å². The van der Waals surface area contributed by atoms with Crippen molar-refractivity contribution in [3.8, 4) is 6.07 Å². The van der Waals surface area contributed by atoms with Crippen LogP contribution >= 0.6 is 11.6 Å². The molecule has 4 aromatic rings. The highest BCUT2D eigenvalue weighted by Crippen LogP contribution is 2.46. The first kappa shape index (κ1) is 24.6. The van der Waals surface area contributed by atoms with Gasteiger partial charge >= 0.3 is 0 Å². The number of fused-ring (bicyclic) bond motifs is 1. The Hall–Kier alpha value is -4.07. The van der Waals surface area contributed by atoms with E-state index in [1.54, 1.807) is 42.5 Å². The van der Waals surface area contributed by atoms with Crippen molar-refractivity contribution < 1.29 is 13.2 Å². The zero-order valence-electron chi connectivity index (χ0n) is 19.7. The Morgan fingerprint density at radius 1 is 1.19 bits per heavy atom. The second kappa shape index (κ2) is 9.10. The summed E-state index contributed by atoms with van der Waals surface area (Å²) < 4.78 is 25.1. The van der Waals surface area contributed by atoms with Crippen molar-refractivity contribution in [3.05, 3.63) is 82.8 Å². The topological polar surface area (TPSA) is 143 Å². The first-order valence-corrected chi connectivity index (χ1v) is 13.6. The third kappa shape index (κ3) is 4.71. The van der Waals surface area contributed by atoms with Gasteiger partial charge in [-0.25, -0.2) is 18.4 Å². The van der Waals surface area contributed by atoms with Crippen LogP contribution < -0.4 is 10.6 Å². The average Bonchev–Trinajstić information content (AvgIpc) is 3.69. The van der Waals surface area contributed by atoms with Gasteiger partial charge in [0.05, 0.1) is 45.5 Å². The van der Waals surface area contributed by atoms with Crippen LogP contribution in [-0.2, 0) is 21.8 Å². The summed E-state index contributed by atoms with van der Waals surface area (Å²) in [7, 11) is -3.75. The Morgan fingerprint density at radius 2 is 1.97 bits per heavy atom. The van der Waals surface area contributed by atoms with Crippen LogP contribution in [-0.4, -0.2) is 35.5 Å². The van der Waals surface area contributed by atoms with E-state index in [-0.39, 0.29) is 28.6 Å². The number of nitrogens with zero attached hydrogens (tertiary/aromatic N) is 5. The van der Waals surface area contributed by atoms with Crippen molar-refractivity contribution in [2.75, 3.05) is 16.9 Å². The smallest absolute Gasteiger partial charge is 0.260 e. The minimum atomic E-state index is -3.75. The van der Waals surface area contributed by atoms with E-state index in [2.05, 4.69) is 21.0 Å². The molecule has 186 valence electrons. The van der Waals surface area contributed by atoms with Crippen molar-refractivity contribution in [2.24, 2.45) is 0 Å². The van der Waals surface area contributed by atoms with Crippen LogP contribution in [0.25, 0.3) is 10.9 Å². The lowest BCUT2D eigenvalue weighted by Crippen LogP contribution is -2.32. The van der Waals surface area contributed by atoms with Crippen LogP contribution in [0.2, 0.25) is 5.02 Å². The normalized spacial score (nSPS) is 14.2. The zero-order chi connectivity index (χ0) is 26.4. The second-order valence-corrected chi connectivity index (χ2v) is 11.3. The maximum atomic E-state index is 13.8. The van der Waals surface area contributed by atoms with E-state index >= 15 is 0 Å². The molecule has 0 spiro atoms. The number of benzene rings is 1. The summed E-state index contributed by atoms with van der Waals surface area (Å²) in [5.41, 5.74) is 7.55. The fourth-order valence-corrected chi connectivity index (χ4v) is 5.10. The standard InChI is InChI=1S/C26H21ClN6O3S/c1-37(35,36)24-21(3-2-10-30-24)33(14-16-4-5-17-12-19(27)23(29)32-20(17)11-16)25(34)18-6-7-22(31-13-18)26(15-28)8-9-26/h2-7,10-13H,8-9,14H2,1H3,(H2,29,32). The second-order valence-electron chi connectivity index (χ2n) is 9.00. The summed E-state index contributed by atoms with van der Waals surface area (Å²) in [6, 6.07) is 15.8. The molecule has 1 aromatic carbocycles. The van der Waals surface area contributed by atoms with Gasteiger partial charge in [-0.2, -0.15) is 5.26 Å². The number of nitriles is 1. The number of hydrogen-bond donors (Lipinski definition) is 1.